The Labute approximate surface area is 119 Å². The molecule has 1 heterocycles. The number of methoxy groups -OCH3 is 1. The fourth-order valence-electron chi connectivity index (χ4n) is 2.01. The monoisotopic (exact) mass is 287 g/mol. The molecular formula is C14H22ClNO3. The van der Waals surface area contributed by atoms with Gasteiger partial charge < -0.3 is 14.0 Å². The van der Waals surface area contributed by atoms with Crippen LogP contribution in [0.2, 0.25) is 0 Å². The molecule has 1 aromatic rings. The number of ether oxygens (including phenoxy) is 2. The first-order valence-corrected chi connectivity index (χ1v) is 6.84. The molecule has 1 atom stereocenters. The minimum atomic E-state index is -0.494. The Hall–Kier alpha value is -0.840. The average Bonchev–Trinajstić information content (AvgIpc) is 2.64. The molecule has 0 saturated heterocycles. The van der Waals surface area contributed by atoms with Crippen molar-refractivity contribution in [2.75, 3.05) is 26.9 Å². The minimum absolute atomic E-state index is 0.0266. The van der Waals surface area contributed by atoms with E-state index in [0.29, 0.717) is 25.4 Å². The maximum Gasteiger partial charge on any atom is 0.182 e. The highest BCUT2D eigenvalue weighted by molar-refractivity contribution is 6.33. The first-order valence-electron chi connectivity index (χ1n) is 6.40. The number of rotatable bonds is 8. The van der Waals surface area contributed by atoms with E-state index in [2.05, 4.69) is 4.57 Å². The smallest absolute Gasteiger partial charge is 0.182 e. The Morgan fingerprint density at radius 2 is 2.05 bits per heavy atom. The van der Waals surface area contributed by atoms with Gasteiger partial charge in [-0.15, -0.1) is 11.6 Å². The van der Waals surface area contributed by atoms with E-state index in [1.54, 1.807) is 14.0 Å². The number of aryl methyl sites for hydroxylation is 1. The molecule has 5 heteroatoms. The van der Waals surface area contributed by atoms with E-state index in [9.17, 15) is 4.79 Å². The number of nitrogens with zero attached hydrogens (tertiary/aromatic N) is 1. The van der Waals surface area contributed by atoms with Crippen LogP contribution in [0.25, 0.3) is 0 Å². The average molecular weight is 288 g/mol. The number of halogens is 1. The third-order valence-corrected chi connectivity index (χ3v) is 3.29. The molecule has 0 aliphatic rings. The number of hydrogen-bond acceptors (Lipinski definition) is 3. The summed E-state index contributed by atoms with van der Waals surface area (Å²) in [5, 5.41) is -0.494. The first-order chi connectivity index (χ1) is 8.99. The predicted octanol–water partition coefficient (Wildman–Crippen LogP) is 2.58. The summed E-state index contributed by atoms with van der Waals surface area (Å²) in [6.45, 7) is 8.13. The predicted molar refractivity (Wildman–Crippen MR) is 76.2 cm³/mol. The first kappa shape index (κ1) is 16.2. The van der Waals surface area contributed by atoms with Crippen LogP contribution in [-0.4, -0.2) is 42.7 Å². The highest BCUT2D eigenvalue weighted by Crippen LogP contribution is 2.18. The van der Waals surface area contributed by atoms with Crippen LogP contribution in [0.1, 0.15) is 28.7 Å². The molecule has 0 aliphatic carbocycles. The molecule has 0 saturated carbocycles. The second-order valence-corrected chi connectivity index (χ2v) is 5.18. The third kappa shape index (κ3) is 4.34. The molecule has 4 nitrogen and oxygen atoms in total. The molecule has 19 heavy (non-hydrogen) atoms. The molecule has 0 aromatic carbocycles. The molecule has 0 radical (unpaired) electrons. The van der Waals surface area contributed by atoms with Crippen LogP contribution in [0, 0.1) is 13.8 Å². The standard InChI is InChI=1S/C14H22ClNO3/c1-10-9-13(14(17)11(2)15)12(3)16(10)5-6-19-8-7-18-4/h9,11H,5-8H2,1-4H3. The molecule has 0 N–H and O–H groups in total. The fraction of sp³-hybridized carbons (Fsp3) is 0.643. The van der Waals surface area contributed by atoms with Crippen LogP contribution in [-0.2, 0) is 16.0 Å². The molecule has 108 valence electrons. The van der Waals surface area contributed by atoms with Crippen LogP contribution < -0.4 is 0 Å². The Morgan fingerprint density at radius 3 is 2.63 bits per heavy atom. The largest absolute Gasteiger partial charge is 0.382 e. The van der Waals surface area contributed by atoms with Crippen molar-refractivity contribution < 1.29 is 14.3 Å². The summed E-state index contributed by atoms with van der Waals surface area (Å²) in [6.07, 6.45) is 0. The number of carbonyl (C=O) groups is 1. The summed E-state index contributed by atoms with van der Waals surface area (Å²) >= 11 is 5.86. The lowest BCUT2D eigenvalue weighted by Gasteiger charge is -2.10. The Bertz CT molecular complexity index is 427. The molecular weight excluding hydrogens is 266 g/mol. The van der Waals surface area contributed by atoms with E-state index in [0.717, 1.165) is 17.9 Å². The van der Waals surface area contributed by atoms with E-state index >= 15 is 0 Å². The van der Waals surface area contributed by atoms with E-state index < -0.39 is 5.38 Å². The summed E-state index contributed by atoms with van der Waals surface area (Å²) in [5.74, 6) is -0.0266. The molecule has 0 aliphatic heterocycles. The van der Waals surface area contributed by atoms with Gasteiger partial charge in [0.2, 0.25) is 0 Å². The number of hydrogen-bond donors (Lipinski definition) is 0. The van der Waals surface area contributed by atoms with Gasteiger partial charge in [-0.2, -0.15) is 0 Å². The van der Waals surface area contributed by atoms with Crippen molar-refractivity contribution in [1.29, 1.82) is 0 Å². The van der Waals surface area contributed by atoms with E-state index in [-0.39, 0.29) is 5.78 Å². The lowest BCUT2D eigenvalue weighted by Crippen LogP contribution is -2.14. The van der Waals surface area contributed by atoms with Crippen LogP contribution >= 0.6 is 11.6 Å². The van der Waals surface area contributed by atoms with Crippen molar-refractivity contribution >= 4 is 17.4 Å². The van der Waals surface area contributed by atoms with Gasteiger partial charge in [-0.1, -0.05) is 0 Å². The number of ketones is 1. The summed E-state index contributed by atoms with van der Waals surface area (Å²) < 4.78 is 12.4. The zero-order chi connectivity index (χ0) is 14.4. The zero-order valence-corrected chi connectivity index (χ0v) is 12.8. The lowest BCUT2D eigenvalue weighted by molar-refractivity contribution is 0.0662. The van der Waals surface area contributed by atoms with Gasteiger partial charge in [-0.3, -0.25) is 4.79 Å². The number of aromatic nitrogens is 1. The molecule has 0 fully saturated rings. The van der Waals surface area contributed by atoms with Crippen molar-refractivity contribution in [3.8, 4) is 0 Å². The second-order valence-electron chi connectivity index (χ2n) is 4.52. The molecule has 0 bridgehead atoms. The Balaban J connectivity index is 2.67. The van der Waals surface area contributed by atoms with Crippen LogP contribution in [0.4, 0.5) is 0 Å². The van der Waals surface area contributed by atoms with Gasteiger partial charge in [0.15, 0.2) is 5.78 Å². The van der Waals surface area contributed by atoms with Gasteiger partial charge >= 0.3 is 0 Å². The van der Waals surface area contributed by atoms with Crippen LogP contribution in [0.3, 0.4) is 0 Å². The quantitative estimate of drug-likeness (QED) is 0.419. The molecule has 1 aromatic heterocycles. The molecule has 1 rings (SSSR count). The summed E-state index contributed by atoms with van der Waals surface area (Å²) in [5.41, 5.74) is 2.70. The van der Waals surface area contributed by atoms with Crippen LogP contribution in [0.15, 0.2) is 6.07 Å². The second kappa shape index (κ2) is 7.68. The van der Waals surface area contributed by atoms with Crippen molar-refractivity contribution in [1.82, 2.24) is 4.57 Å². The third-order valence-electron chi connectivity index (χ3n) is 3.09. The van der Waals surface area contributed by atoms with Gasteiger partial charge in [0, 0.05) is 30.6 Å². The number of Topliss-reactive ketones (excluding diaryl/α,β-unsaturated/α-hetero) is 1. The van der Waals surface area contributed by atoms with Crippen LogP contribution in [0.5, 0.6) is 0 Å². The maximum atomic E-state index is 12.0. The lowest BCUT2D eigenvalue weighted by atomic mass is 10.1. The highest BCUT2D eigenvalue weighted by atomic mass is 35.5. The highest BCUT2D eigenvalue weighted by Gasteiger charge is 2.19. The number of alkyl halides is 1. The normalized spacial score (nSPS) is 12.7. The summed E-state index contributed by atoms with van der Waals surface area (Å²) in [7, 11) is 1.65. The molecule has 1 unspecified atom stereocenters. The molecule has 0 amide bonds. The molecule has 0 spiro atoms. The topological polar surface area (TPSA) is 40.5 Å². The van der Waals surface area contributed by atoms with Crippen molar-refractivity contribution in [3.63, 3.8) is 0 Å². The van der Waals surface area contributed by atoms with Gasteiger partial charge in [-0.05, 0) is 26.8 Å². The van der Waals surface area contributed by atoms with Gasteiger partial charge in [0.25, 0.3) is 0 Å². The maximum absolute atomic E-state index is 12.0. The minimum Gasteiger partial charge on any atom is -0.382 e. The van der Waals surface area contributed by atoms with Gasteiger partial charge in [0.1, 0.15) is 0 Å². The number of carbonyl (C=O) groups excluding carboxylic acids is 1. The van der Waals surface area contributed by atoms with E-state index in [1.165, 1.54) is 0 Å². The van der Waals surface area contributed by atoms with Crippen molar-refractivity contribution in [2.45, 2.75) is 32.7 Å². The fourth-order valence-corrected chi connectivity index (χ4v) is 2.13. The van der Waals surface area contributed by atoms with Gasteiger partial charge in [0.05, 0.1) is 25.2 Å². The SMILES string of the molecule is COCCOCCn1c(C)cc(C(=O)C(C)Cl)c1C. The summed E-state index contributed by atoms with van der Waals surface area (Å²) in [6, 6.07) is 1.89. The Kier molecular flexibility index (Phi) is 6.55. The van der Waals surface area contributed by atoms with E-state index in [1.807, 2.05) is 19.9 Å². The Morgan fingerprint density at radius 1 is 1.37 bits per heavy atom. The zero-order valence-electron chi connectivity index (χ0n) is 12.0. The van der Waals surface area contributed by atoms with Crippen molar-refractivity contribution in [3.05, 3.63) is 23.0 Å². The van der Waals surface area contributed by atoms with E-state index in [4.69, 9.17) is 21.1 Å². The van der Waals surface area contributed by atoms with Gasteiger partial charge in [-0.25, -0.2) is 0 Å². The van der Waals surface area contributed by atoms with Crippen molar-refractivity contribution in [2.24, 2.45) is 0 Å². The summed E-state index contributed by atoms with van der Waals surface area (Å²) in [4.78, 5) is 12.0.